The summed E-state index contributed by atoms with van der Waals surface area (Å²) in [6.07, 6.45) is 2.73. The van der Waals surface area contributed by atoms with Gasteiger partial charge in [0.25, 0.3) is 0 Å². The quantitative estimate of drug-likeness (QED) is 0.440. The number of rotatable bonds is 4. The molecule has 0 saturated carbocycles. The van der Waals surface area contributed by atoms with Crippen LogP contribution in [0.15, 0.2) is 12.8 Å². The molecule has 0 amide bonds. The number of hydrogen-bond donors (Lipinski definition) is 0. The van der Waals surface area contributed by atoms with Gasteiger partial charge in [-0.25, -0.2) is 0 Å². The largest absolute Gasteiger partial charge is 0.502 e. The molecule has 2 heteroatoms. The molecule has 1 aliphatic rings. The Morgan fingerprint density at radius 1 is 1.67 bits per heavy atom. The third-order valence-corrected chi connectivity index (χ3v) is 2.88. The van der Waals surface area contributed by atoms with Gasteiger partial charge in [-0.2, -0.15) is 11.8 Å². The van der Waals surface area contributed by atoms with Crippen LogP contribution in [0.5, 0.6) is 0 Å². The van der Waals surface area contributed by atoms with Crippen molar-refractivity contribution >= 4 is 11.8 Å². The third kappa shape index (κ3) is 2.31. The lowest BCUT2D eigenvalue weighted by Gasteiger charge is -2.23. The highest BCUT2D eigenvalue weighted by Crippen LogP contribution is 2.26. The molecule has 1 heterocycles. The summed E-state index contributed by atoms with van der Waals surface area (Å²) in [4.78, 5) is 0. The van der Waals surface area contributed by atoms with Crippen molar-refractivity contribution in [2.75, 3.05) is 18.1 Å². The van der Waals surface area contributed by atoms with Crippen molar-refractivity contribution in [2.45, 2.75) is 6.42 Å². The standard InChI is InChI=1S/C7H12OS/c1-2-8-4-3-7-5-9-6-7/h2,7H,1,3-6H2. The van der Waals surface area contributed by atoms with Crippen LogP contribution in [0.2, 0.25) is 0 Å². The van der Waals surface area contributed by atoms with Gasteiger partial charge in [-0.3, -0.25) is 0 Å². The second-order valence-corrected chi connectivity index (χ2v) is 3.30. The van der Waals surface area contributed by atoms with E-state index in [1.54, 1.807) is 0 Å². The Morgan fingerprint density at radius 3 is 2.89 bits per heavy atom. The van der Waals surface area contributed by atoms with E-state index in [9.17, 15) is 0 Å². The van der Waals surface area contributed by atoms with E-state index >= 15 is 0 Å². The highest BCUT2D eigenvalue weighted by Gasteiger charge is 2.16. The molecule has 1 nitrogen and oxygen atoms in total. The van der Waals surface area contributed by atoms with Crippen molar-refractivity contribution < 1.29 is 4.74 Å². The Kier molecular flexibility index (Phi) is 2.98. The molecule has 0 aromatic rings. The summed E-state index contributed by atoms with van der Waals surface area (Å²) in [5.41, 5.74) is 0. The van der Waals surface area contributed by atoms with Crippen LogP contribution in [0, 0.1) is 5.92 Å². The van der Waals surface area contributed by atoms with Crippen LogP contribution < -0.4 is 0 Å². The molecule has 0 aromatic heterocycles. The molecule has 0 spiro atoms. The minimum absolute atomic E-state index is 0.856. The highest BCUT2D eigenvalue weighted by atomic mass is 32.2. The van der Waals surface area contributed by atoms with Crippen LogP contribution in [0.1, 0.15) is 6.42 Å². The zero-order valence-electron chi connectivity index (χ0n) is 5.51. The number of ether oxygens (including phenoxy) is 1. The first-order valence-electron chi connectivity index (χ1n) is 3.23. The first-order valence-corrected chi connectivity index (χ1v) is 4.39. The van der Waals surface area contributed by atoms with E-state index in [0.29, 0.717) is 0 Å². The van der Waals surface area contributed by atoms with E-state index in [1.165, 1.54) is 24.2 Å². The number of thioether (sulfide) groups is 1. The minimum Gasteiger partial charge on any atom is -0.502 e. The molecule has 1 fully saturated rings. The summed E-state index contributed by atoms with van der Waals surface area (Å²) in [7, 11) is 0. The predicted octanol–water partition coefficient (Wildman–Crippen LogP) is 1.90. The normalized spacial score (nSPS) is 18.7. The molecule has 0 bridgehead atoms. The fraction of sp³-hybridized carbons (Fsp3) is 0.714. The van der Waals surface area contributed by atoms with Crippen molar-refractivity contribution in [3.05, 3.63) is 12.8 Å². The molecule has 0 unspecified atom stereocenters. The van der Waals surface area contributed by atoms with Gasteiger partial charge < -0.3 is 4.74 Å². The van der Waals surface area contributed by atoms with Gasteiger partial charge in [0.1, 0.15) is 0 Å². The molecule has 1 rings (SSSR count). The van der Waals surface area contributed by atoms with Crippen LogP contribution in [0.3, 0.4) is 0 Å². The summed E-state index contributed by atoms with van der Waals surface area (Å²) in [6.45, 7) is 4.33. The summed E-state index contributed by atoms with van der Waals surface area (Å²) in [5, 5.41) is 0. The van der Waals surface area contributed by atoms with Crippen LogP contribution in [-0.2, 0) is 4.74 Å². The molecular weight excluding hydrogens is 132 g/mol. The molecule has 1 aliphatic heterocycles. The maximum absolute atomic E-state index is 4.99. The molecule has 0 radical (unpaired) electrons. The molecule has 52 valence electrons. The Morgan fingerprint density at radius 2 is 2.44 bits per heavy atom. The zero-order chi connectivity index (χ0) is 6.53. The lowest BCUT2D eigenvalue weighted by Crippen LogP contribution is -2.19. The third-order valence-electron chi connectivity index (χ3n) is 1.47. The van der Waals surface area contributed by atoms with E-state index < -0.39 is 0 Å². The molecule has 0 atom stereocenters. The maximum atomic E-state index is 4.99. The molecule has 1 saturated heterocycles. The first kappa shape index (κ1) is 7.00. The van der Waals surface area contributed by atoms with Gasteiger partial charge in [-0.15, -0.1) is 0 Å². The summed E-state index contributed by atoms with van der Waals surface area (Å²) in [6, 6.07) is 0. The lowest BCUT2D eigenvalue weighted by molar-refractivity contribution is 0.230. The van der Waals surface area contributed by atoms with Gasteiger partial charge in [0.05, 0.1) is 12.9 Å². The van der Waals surface area contributed by atoms with Crippen LogP contribution in [0.4, 0.5) is 0 Å². The van der Waals surface area contributed by atoms with Crippen LogP contribution in [-0.4, -0.2) is 18.1 Å². The SMILES string of the molecule is C=COCCC1CSC1. The lowest BCUT2D eigenvalue weighted by atomic mass is 10.1. The van der Waals surface area contributed by atoms with E-state index in [1.807, 2.05) is 11.8 Å². The Balaban J connectivity index is 1.85. The van der Waals surface area contributed by atoms with Crippen molar-refractivity contribution in [3.63, 3.8) is 0 Å². The van der Waals surface area contributed by atoms with Crippen molar-refractivity contribution in [2.24, 2.45) is 5.92 Å². The van der Waals surface area contributed by atoms with E-state index in [-0.39, 0.29) is 0 Å². The van der Waals surface area contributed by atoms with Gasteiger partial charge in [0.2, 0.25) is 0 Å². The van der Waals surface area contributed by atoms with E-state index in [2.05, 4.69) is 6.58 Å². The summed E-state index contributed by atoms with van der Waals surface area (Å²) >= 11 is 2.02. The average Bonchev–Trinajstić information content (AvgIpc) is 1.76. The van der Waals surface area contributed by atoms with Crippen molar-refractivity contribution in [1.29, 1.82) is 0 Å². The fourth-order valence-corrected chi connectivity index (χ4v) is 1.67. The Bertz CT molecular complexity index is 88.9. The van der Waals surface area contributed by atoms with Crippen LogP contribution in [0.25, 0.3) is 0 Å². The van der Waals surface area contributed by atoms with Crippen molar-refractivity contribution in [3.8, 4) is 0 Å². The van der Waals surface area contributed by atoms with Gasteiger partial charge in [0, 0.05) is 0 Å². The number of hydrogen-bond acceptors (Lipinski definition) is 2. The molecule has 9 heavy (non-hydrogen) atoms. The van der Waals surface area contributed by atoms with Gasteiger partial charge in [0.15, 0.2) is 0 Å². The fourth-order valence-electron chi connectivity index (χ4n) is 0.769. The second-order valence-electron chi connectivity index (χ2n) is 2.23. The van der Waals surface area contributed by atoms with E-state index in [0.717, 1.165) is 12.5 Å². The first-order chi connectivity index (χ1) is 4.43. The second kappa shape index (κ2) is 3.83. The topological polar surface area (TPSA) is 9.23 Å². The minimum atomic E-state index is 0.856. The van der Waals surface area contributed by atoms with Gasteiger partial charge in [-0.1, -0.05) is 6.58 Å². The monoisotopic (exact) mass is 144 g/mol. The van der Waals surface area contributed by atoms with Gasteiger partial charge >= 0.3 is 0 Å². The Hall–Kier alpha value is -0.110. The molecule has 0 N–H and O–H groups in total. The van der Waals surface area contributed by atoms with E-state index in [4.69, 9.17) is 4.74 Å². The Labute approximate surface area is 60.5 Å². The molecule has 0 aromatic carbocycles. The van der Waals surface area contributed by atoms with Crippen molar-refractivity contribution in [1.82, 2.24) is 0 Å². The zero-order valence-corrected chi connectivity index (χ0v) is 6.32. The molecular formula is C7H12OS. The summed E-state index contributed by atoms with van der Waals surface area (Å²) in [5.74, 6) is 3.59. The molecule has 0 aliphatic carbocycles. The van der Waals surface area contributed by atoms with Crippen LogP contribution >= 0.6 is 11.8 Å². The average molecular weight is 144 g/mol. The highest BCUT2D eigenvalue weighted by molar-refractivity contribution is 8.00. The smallest absolute Gasteiger partial charge is 0.0876 e. The maximum Gasteiger partial charge on any atom is 0.0876 e. The predicted molar refractivity (Wildman–Crippen MR) is 41.6 cm³/mol. The summed E-state index contributed by atoms with van der Waals surface area (Å²) < 4.78 is 4.99. The van der Waals surface area contributed by atoms with Gasteiger partial charge in [-0.05, 0) is 23.8 Å².